The lowest BCUT2D eigenvalue weighted by Gasteiger charge is -2.28. The van der Waals surface area contributed by atoms with E-state index in [1.54, 1.807) is 0 Å². The zero-order valence-corrected chi connectivity index (χ0v) is 9.45. The van der Waals surface area contributed by atoms with Crippen LogP contribution in [-0.2, 0) is 4.74 Å². The van der Waals surface area contributed by atoms with Gasteiger partial charge in [0.1, 0.15) is 0 Å². The molecule has 0 spiro atoms. The molecule has 2 N–H and O–H groups in total. The van der Waals surface area contributed by atoms with Crippen LogP contribution in [0.1, 0.15) is 44.9 Å². The molecule has 0 bridgehead atoms. The third kappa shape index (κ3) is 3.44. The van der Waals surface area contributed by atoms with Gasteiger partial charge in [0.05, 0.1) is 12.2 Å². The van der Waals surface area contributed by atoms with Crippen LogP contribution >= 0.6 is 0 Å². The van der Waals surface area contributed by atoms with E-state index in [9.17, 15) is 5.11 Å². The minimum atomic E-state index is -0.122. The largest absolute Gasteiger partial charge is 0.392 e. The molecule has 1 saturated carbocycles. The van der Waals surface area contributed by atoms with Crippen LogP contribution < -0.4 is 5.32 Å². The first-order valence-corrected chi connectivity index (χ1v) is 6.39. The van der Waals surface area contributed by atoms with Gasteiger partial charge in [0.15, 0.2) is 0 Å². The average Bonchev–Trinajstić information content (AvgIpc) is 2.74. The van der Waals surface area contributed by atoms with Crippen LogP contribution in [0.2, 0.25) is 0 Å². The molecule has 15 heavy (non-hydrogen) atoms. The number of aliphatic hydroxyl groups excluding tert-OH is 1. The lowest BCUT2D eigenvalue weighted by Crippen LogP contribution is -2.42. The Kier molecular flexibility index (Phi) is 4.42. The fourth-order valence-corrected chi connectivity index (χ4v) is 2.65. The number of rotatable bonds is 4. The van der Waals surface area contributed by atoms with Crippen LogP contribution in [-0.4, -0.2) is 36.5 Å². The van der Waals surface area contributed by atoms with E-state index in [1.165, 1.54) is 25.7 Å². The van der Waals surface area contributed by atoms with Crippen LogP contribution in [0.15, 0.2) is 0 Å². The van der Waals surface area contributed by atoms with Crippen molar-refractivity contribution >= 4 is 0 Å². The summed E-state index contributed by atoms with van der Waals surface area (Å²) in [5, 5.41) is 13.2. The Morgan fingerprint density at radius 2 is 2.00 bits per heavy atom. The summed E-state index contributed by atoms with van der Waals surface area (Å²) in [6.45, 7) is 1.93. The van der Waals surface area contributed by atoms with E-state index in [-0.39, 0.29) is 6.10 Å². The molecule has 1 saturated heterocycles. The van der Waals surface area contributed by atoms with E-state index >= 15 is 0 Å². The Bertz CT molecular complexity index is 180. The molecule has 0 aromatic heterocycles. The molecule has 3 atom stereocenters. The van der Waals surface area contributed by atoms with E-state index in [0.29, 0.717) is 12.1 Å². The number of aliphatic hydroxyl groups is 1. The Balaban J connectivity index is 1.59. The van der Waals surface area contributed by atoms with Gasteiger partial charge >= 0.3 is 0 Å². The van der Waals surface area contributed by atoms with Crippen molar-refractivity contribution in [2.45, 2.75) is 63.2 Å². The smallest absolute Gasteiger partial charge is 0.0693 e. The first-order valence-electron chi connectivity index (χ1n) is 6.39. The van der Waals surface area contributed by atoms with Gasteiger partial charge in [0.25, 0.3) is 0 Å². The van der Waals surface area contributed by atoms with Crippen LogP contribution in [0.4, 0.5) is 0 Å². The van der Waals surface area contributed by atoms with Crippen LogP contribution in [0.25, 0.3) is 0 Å². The minimum Gasteiger partial charge on any atom is -0.392 e. The van der Waals surface area contributed by atoms with Crippen molar-refractivity contribution in [3.8, 4) is 0 Å². The molecule has 3 unspecified atom stereocenters. The summed E-state index contributed by atoms with van der Waals surface area (Å²) in [6.07, 6.45) is 8.43. The van der Waals surface area contributed by atoms with Gasteiger partial charge in [-0.1, -0.05) is 12.8 Å². The number of ether oxygens (including phenoxy) is 1. The Morgan fingerprint density at radius 3 is 2.73 bits per heavy atom. The van der Waals surface area contributed by atoms with Gasteiger partial charge in [-0.05, 0) is 38.6 Å². The summed E-state index contributed by atoms with van der Waals surface area (Å²) in [4.78, 5) is 0. The topological polar surface area (TPSA) is 41.5 Å². The SMILES string of the molecule is OC1CCCCC1NCCC1CCCO1. The van der Waals surface area contributed by atoms with E-state index in [0.717, 1.165) is 32.4 Å². The van der Waals surface area contributed by atoms with Gasteiger partial charge < -0.3 is 15.2 Å². The fraction of sp³-hybridized carbons (Fsp3) is 1.00. The maximum absolute atomic E-state index is 9.77. The van der Waals surface area contributed by atoms with E-state index < -0.39 is 0 Å². The molecule has 1 aliphatic heterocycles. The second kappa shape index (κ2) is 5.83. The van der Waals surface area contributed by atoms with Crippen LogP contribution in [0.3, 0.4) is 0 Å². The molecule has 3 nitrogen and oxygen atoms in total. The molecule has 0 aromatic rings. The maximum Gasteiger partial charge on any atom is 0.0693 e. The third-order valence-corrected chi connectivity index (χ3v) is 3.63. The monoisotopic (exact) mass is 213 g/mol. The van der Waals surface area contributed by atoms with Gasteiger partial charge in [-0.15, -0.1) is 0 Å². The number of hydrogen-bond donors (Lipinski definition) is 2. The van der Waals surface area contributed by atoms with Crippen molar-refractivity contribution in [1.82, 2.24) is 5.32 Å². The Morgan fingerprint density at radius 1 is 1.13 bits per heavy atom. The summed E-state index contributed by atoms with van der Waals surface area (Å²) in [5.74, 6) is 0. The van der Waals surface area contributed by atoms with Gasteiger partial charge in [-0.25, -0.2) is 0 Å². The highest BCUT2D eigenvalue weighted by atomic mass is 16.5. The Labute approximate surface area is 92.2 Å². The molecule has 0 radical (unpaired) electrons. The van der Waals surface area contributed by atoms with E-state index in [1.807, 2.05) is 0 Å². The normalized spacial score (nSPS) is 37.0. The van der Waals surface area contributed by atoms with E-state index in [4.69, 9.17) is 4.74 Å². The lowest BCUT2D eigenvalue weighted by molar-refractivity contribution is 0.0801. The van der Waals surface area contributed by atoms with Crippen LogP contribution in [0, 0.1) is 0 Å². The van der Waals surface area contributed by atoms with Crippen molar-refractivity contribution in [1.29, 1.82) is 0 Å². The first kappa shape index (κ1) is 11.4. The molecule has 3 heteroatoms. The standard InChI is InChI=1S/C12H23NO2/c14-12-6-2-1-5-11(12)13-8-7-10-4-3-9-15-10/h10-14H,1-9H2. The summed E-state index contributed by atoms with van der Waals surface area (Å²) in [7, 11) is 0. The molecular weight excluding hydrogens is 190 g/mol. The molecule has 2 rings (SSSR count). The molecule has 88 valence electrons. The molecular formula is C12H23NO2. The minimum absolute atomic E-state index is 0.122. The summed E-state index contributed by atoms with van der Waals surface area (Å²) in [6, 6.07) is 0.333. The molecule has 1 heterocycles. The van der Waals surface area contributed by atoms with E-state index in [2.05, 4.69) is 5.32 Å². The van der Waals surface area contributed by atoms with Gasteiger partial charge in [0.2, 0.25) is 0 Å². The van der Waals surface area contributed by atoms with Crippen molar-refractivity contribution in [3.05, 3.63) is 0 Å². The molecule has 0 aromatic carbocycles. The predicted molar refractivity (Wildman–Crippen MR) is 59.9 cm³/mol. The summed E-state index contributed by atoms with van der Waals surface area (Å²) >= 11 is 0. The van der Waals surface area contributed by atoms with Crippen molar-refractivity contribution in [3.63, 3.8) is 0 Å². The Hall–Kier alpha value is -0.120. The quantitative estimate of drug-likeness (QED) is 0.742. The second-order valence-electron chi connectivity index (χ2n) is 4.84. The van der Waals surface area contributed by atoms with Gasteiger partial charge in [-0.3, -0.25) is 0 Å². The van der Waals surface area contributed by atoms with Crippen LogP contribution in [0.5, 0.6) is 0 Å². The highest BCUT2D eigenvalue weighted by Crippen LogP contribution is 2.19. The predicted octanol–water partition coefficient (Wildman–Crippen LogP) is 1.45. The average molecular weight is 213 g/mol. The highest BCUT2D eigenvalue weighted by molar-refractivity contribution is 4.80. The maximum atomic E-state index is 9.77. The second-order valence-corrected chi connectivity index (χ2v) is 4.84. The fourth-order valence-electron chi connectivity index (χ4n) is 2.65. The summed E-state index contributed by atoms with van der Waals surface area (Å²) < 4.78 is 5.57. The number of hydrogen-bond acceptors (Lipinski definition) is 3. The molecule has 1 aliphatic carbocycles. The zero-order chi connectivity index (χ0) is 10.5. The molecule has 0 amide bonds. The third-order valence-electron chi connectivity index (χ3n) is 3.63. The van der Waals surface area contributed by atoms with Gasteiger partial charge in [-0.2, -0.15) is 0 Å². The van der Waals surface area contributed by atoms with Gasteiger partial charge in [0, 0.05) is 12.6 Å². The number of nitrogens with one attached hydrogen (secondary N) is 1. The summed E-state index contributed by atoms with van der Waals surface area (Å²) in [5.41, 5.74) is 0. The molecule has 2 fully saturated rings. The lowest BCUT2D eigenvalue weighted by atomic mass is 9.92. The zero-order valence-electron chi connectivity index (χ0n) is 9.45. The van der Waals surface area contributed by atoms with Crippen molar-refractivity contribution < 1.29 is 9.84 Å². The molecule has 2 aliphatic rings. The highest BCUT2D eigenvalue weighted by Gasteiger charge is 2.22. The first-order chi connectivity index (χ1) is 7.36. The van der Waals surface area contributed by atoms with Crippen molar-refractivity contribution in [2.24, 2.45) is 0 Å². The van der Waals surface area contributed by atoms with Crippen molar-refractivity contribution in [2.75, 3.05) is 13.2 Å².